The van der Waals surface area contributed by atoms with E-state index in [4.69, 9.17) is 4.74 Å². The van der Waals surface area contributed by atoms with Crippen LogP contribution in [-0.2, 0) is 21.4 Å². The van der Waals surface area contributed by atoms with Crippen LogP contribution in [0.25, 0.3) is 0 Å². The molecule has 6 rings (SSSR count). The number of rotatable bonds is 5. The molecule has 2 saturated heterocycles. The van der Waals surface area contributed by atoms with Crippen LogP contribution in [0.2, 0.25) is 0 Å². The SMILES string of the molecule is CCOC(=O)C1CC2C3Cc4ccccc4[C@]2(CC)CC1N3CC1CC1.Cl. The van der Waals surface area contributed by atoms with Gasteiger partial charge in [0.05, 0.1) is 12.5 Å². The highest BCUT2D eigenvalue weighted by Gasteiger charge is 2.62. The molecule has 4 bridgehead atoms. The fourth-order valence-electron chi connectivity index (χ4n) is 6.62. The van der Waals surface area contributed by atoms with E-state index in [1.807, 2.05) is 6.92 Å². The molecule has 5 aliphatic rings. The van der Waals surface area contributed by atoms with E-state index in [2.05, 4.69) is 36.1 Å². The molecular formula is C23H32ClNO2. The number of hydrogen-bond donors (Lipinski definition) is 0. The van der Waals surface area contributed by atoms with E-state index in [9.17, 15) is 4.79 Å². The van der Waals surface area contributed by atoms with Crippen LogP contribution in [0.1, 0.15) is 57.1 Å². The second-order valence-corrected chi connectivity index (χ2v) is 9.05. The molecule has 3 nitrogen and oxygen atoms in total. The second kappa shape index (κ2) is 7.08. The first kappa shape index (κ1) is 19.3. The molecule has 0 aromatic heterocycles. The van der Waals surface area contributed by atoms with E-state index in [1.165, 1.54) is 32.2 Å². The molecule has 2 heterocycles. The third-order valence-corrected chi connectivity index (χ3v) is 7.94. The van der Waals surface area contributed by atoms with Gasteiger partial charge >= 0.3 is 5.97 Å². The van der Waals surface area contributed by atoms with E-state index in [-0.39, 0.29) is 29.7 Å². The summed E-state index contributed by atoms with van der Waals surface area (Å²) in [5.41, 5.74) is 3.42. The van der Waals surface area contributed by atoms with Crippen molar-refractivity contribution in [3.63, 3.8) is 0 Å². The number of halogens is 1. The van der Waals surface area contributed by atoms with Crippen molar-refractivity contribution >= 4 is 18.4 Å². The van der Waals surface area contributed by atoms with Gasteiger partial charge in [-0.05, 0) is 68.4 Å². The Hall–Kier alpha value is -1.06. The molecule has 0 spiro atoms. The number of esters is 1. The van der Waals surface area contributed by atoms with Gasteiger partial charge in [0.25, 0.3) is 0 Å². The molecule has 0 N–H and O–H groups in total. The predicted octanol–water partition coefficient (Wildman–Crippen LogP) is 4.36. The van der Waals surface area contributed by atoms with Crippen molar-refractivity contribution in [1.82, 2.24) is 4.90 Å². The van der Waals surface area contributed by atoms with Crippen molar-refractivity contribution in [2.24, 2.45) is 17.8 Å². The zero-order valence-electron chi connectivity index (χ0n) is 16.5. The number of carbonyl (C=O) groups is 1. The number of nitrogens with zero attached hydrogens (tertiary/aromatic N) is 1. The molecule has 4 unspecified atom stereocenters. The highest BCUT2D eigenvalue weighted by molar-refractivity contribution is 5.85. The van der Waals surface area contributed by atoms with Crippen molar-refractivity contribution in [1.29, 1.82) is 0 Å². The van der Waals surface area contributed by atoms with E-state index in [1.54, 1.807) is 11.1 Å². The van der Waals surface area contributed by atoms with Crippen molar-refractivity contribution in [3.8, 4) is 0 Å². The van der Waals surface area contributed by atoms with Crippen LogP contribution < -0.4 is 0 Å². The van der Waals surface area contributed by atoms with E-state index in [0.717, 1.165) is 18.8 Å². The maximum atomic E-state index is 12.7. The molecule has 0 amide bonds. The lowest BCUT2D eigenvalue weighted by molar-refractivity contribution is -0.168. The van der Waals surface area contributed by atoms with Gasteiger partial charge in [-0.3, -0.25) is 9.69 Å². The zero-order valence-corrected chi connectivity index (χ0v) is 17.3. The Labute approximate surface area is 169 Å². The topological polar surface area (TPSA) is 29.5 Å². The number of hydrogen-bond acceptors (Lipinski definition) is 3. The van der Waals surface area contributed by atoms with Crippen molar-refractivity contribution < 1.29 is 9.53 Å². The lowest BCUT2D eigenvalue weighted by Crippen LogP contribution is -2.70. The van der Waals surface area contributed by atoms with E-state index in [0.29, 0.717) is 24.6 Å². The summed E-state index contributed by atoms with van der Waals surface area (Å²) in [6.45, 7) is 5.99. The van der Waals surface area contributed by atoms with Crippen LogP contribution in [-0.4, -0.2) is 36.1 Å². The summed E-state index contributed by atoms with van der Waals surface area (Å²) >= 11 is 0. The molecular weight excluding hydrogens is 358 g/mol. The van der Waals surface area contributed by atoms with Crippen LogP contribution in [0.15, 0.2) is 24.3 Å². The highest BCUT2D eigenvalue weighted by atomic mass is 35.5. The maximum absolute atomic E-state index is 12.7. The average Bonchev–Trinajstić information content (AvgIpc) is 3.48. The Morgan fingerprint density at radius 2 is 2.00 bits per heavy atom. The summed E-state index contributed by atoms with van der Waals surface area (Å²) < 4.78 is 5.50. The quantitative estimate of drug-likeness (QED) is 0.700. The molecule has 4 fully saturated rings. The van der Waals surface area contributed by atoms with Gasteiger partial charge in [-0.1, -0.05) is 31.2 Å². The minimum Gasteiger partial charge on any atom is -0.466 e. The van der Waals surface area contributed by atoms with Crippen LogP contribution in [0.4, 0.5) is 0 Å². The molecule has 2 saturated carbocycles. The highest BCUT2D eigenvalue weighted by Crippen LogP contribution is 2.60. The fraction of sp³-hybridized carbons (Fsp3) is 0.696. The van der Waals surface area contributed by atoms with Gasteiger partial charge in [0.1, 0.15) is 0 Å². The largest absolute Gasteiger partial charge is 0.466 e. The van der Waals surface area contributed by atoms with Crippen molar-refractivity contribution in [2.45, 2.75) is 69.9 Å². The number of carbonyl (C=O) groups excluding carboxylic acids is 1. The van der Waals surface area contributed by atoms with Gasteiger partial charge in [0, 0.05) is 24.0 Å². The van der Waals surface area contributed by atoms with Crippen molar-refractivity contribution in [2.75, 3.05) is 13.2 Å². The van der Waals surface area contributed by atoms with Crippen molar-refractivity contribution in [3.05, 3.63) is 35.4 Å². The molecule has 1 aromatic rings. The molecule has 27 heavy (non-hydrogen) atoms. The first-order valence-electron chi connectivity index (χ1n) is 10.7. The molecule has 1 aromatic carbocycles. The Kier molecular flexibility index (Phi) is 5.05. The number of fused-ring (bicyclic) bond motifs is 2. The fourth-order valence-corrected chi connectivity index (χ4v) is 6.62. The first-order chi connectivity index (χ1) is 12.7. The molecule has 4 heteroatoms. The van der Waals surface area contributed by atoms with Crippen LogP contribution >= 0.6 is 12.4 Å². The Bertz CT molecular complexity index is 718. The second-order valence-electron chi connectivity index (χ2n) is 9.05. The lowest BCUT2D eigenvalue weighted by Gasteiger charge is -2.65. The minimum atomic E-state index is 0. The standard InChI is InChI=1S/C23H31NO2.ClH/c1-3-23-13-21-17(22(25)26-4-2)12-19(23)20(24(21)14-15-9-10-15)11-16-7-5-6-8-18(16)23;/h5-8,15,17,19-21H,3-4,9-14H2,1-2H3;1H/t17?,19?,20?,21?,23-;/m0./s1. The summed E-state index contributed by atoms with van der Waals surface area (Å²) in [5.74, 6) is 1.60. The predicted molar refractivity (Wildman–Crippen MR) is 109 cm³/mol. The summed E-state index contributed by atoms with van der Waals surface area (Å²) in [6, 6.07) is 10.1. The van der Waals surface area contributed by atoms with Gasteiger partial charge in [-0.25, -0.2) is 0 Å². The lowest BCUT2D eigenvalue weighted by atomic mass is 9.48. The minimum absolute atomic E-state index is 0. The van der Waals surface area contributed by atoms with E-state index < -0.39 is 0 Å². The first-order valence-corrected chi connectivity index (χ1v) is 10.7. The summed E-state index contributed by atoms with van der Waals surface area (Å²) in [6.07, 6.45) is 7.27. The van der Waals surface area contributed by atoms with Crippen LogP contribution in [0.3, 0.4) is 0 Å². The van der Waals surface area contributed by atoms with Gasteiger partial charge in [-0.15, -0.1) is 12.4 Å². The van der Waals surface area contributed by atoms with Gasteiger partial charge < -0.3 is 4.74 Å². The van der Waals surface area contributed by atoms with E-state index >= 15 is 0 Å². The number of piperidine rings is 2. The van der Waals surface area contributed by atoms with Crippen LogP contribution in [0.5, 0.6) is 0 Å². The summed E-state index contributed by atoms with van der Waals surface area (Å²) in [7, 11) is 0. The Morgan fingerprint density at radius 1 is 1.22 bits per heavy atom. The Balaban J connectivity index is 0.00000180. The average molecular weight is 390 g/mol. The van der Waals surface area contributed by atoms with Crippen LogP contribution in [0, 0.1) is 17.8 Å². The summed E-state index contributed by atoms with van der Waals surface area (Å²) in [5, 5.41) is 0. The third-order valence-electron chi connectivity index (χ3n) is 7.94. The normalized spacial score (nSPS) is 36.7. The number of benzene rings is 1. The molecule has 3 aliphatic carbocycles. The maximum Gasteiger partial charge on any atom is 0.310 e. The molecule has 2 aliphatic heterocycles. The molecule has 148 valence electrons. The zero-order chi connectivity index (χ0) is 17.9. The Morgan fingerprint density at radius 3 is 2.70 bits per heavy atom. The number of ether oxygens (including phenoxy) is 1. The monoisotopic (exact) mass is 389 g/mol. The molecule has 0 radical (unpaired) electrons. The van der Waals surface area contributed by atoms with Gasteiger partial charge in [0.2, 0.25) is 0 Å². The molecule has 5 atom stereocenters. The van der Waals surface area contributed by atoms with Gasteiger partial charge in [-0.2, -0.15) is 0 Å². The summed E-state index contributed by atoms with van der Waals surface area (Å²) in [4.78, 5) is 15.5. The third kappa shape index (κ3) is 2.84. The smallest absolute Gasteiger partial charge is 0.310 e. The van der Waals surface area contributed by atoms with Gasteiger partial charge in [0.15, 0.2) is 0 Å².